The average Bonchev–Trinajstić information content (AvgIpc) is 1.55. The molecule has 32 nitrogen and oxygen atoms in total. The Labute approximate surface area is 527 Å². The van der Waals surface area contributed by atoms with Gasteiger partial charge in [-0.15, -0.1) is 0 Å². The van der Waals surface area contributed by atoms with Crippen LogP contribution in [-0.2, 0) is 73.1 Å². The molecular formula is C56H83ClN8O24S. The molecule has 13 N–H and O–H groups in total. The van der Waals surface area contributed by atoms with Gasteiger partial charge < -0.3 is 110 Å². The number of methoxy groups -OCH3 is 2. The molecule has 90 heavy (non-hydrogen) atoms. The number of likely N-dealkylation sites (N-methyl/N-ethyl adjacent to an activating group) is 1. The van der Waals surface area contributed by atoms with Gasteiger partial charge in [-0.05, 0) is 44.9 Å². The first-order valence-corrected chi connectivity index (χ1v) is 30.3. The molecule has 0 spiro atoms. The lowest BCUT2D eigenvalue weighted by molar-refractivity contribution is -0.338. The number of aliphatic hydroxyl groups excluding tert-OH is 6. The van der Waals surface area contributed by atoms with Crippen molar-refractivity contribution in [3.05, 3.63) is 46.5 Å². The lowest BCUT2D eigenvalue weighted by Crippen LogP contribution is -2.68. The molecule has 19 atom stereocenters. The van der Waals surface area contributed by atoms with Gasteiger partial charge >= 0.3 is 18.0 Å². The molecule has 5 amide bonds. The molecule has 4 bridgehead atoms. The van der Waals surface area contributed by atoms with Crippen LogP contribution in [0.5, 0.6) is 5.75 Å². The molecule has 0 saturated carbocycles. The van der Waals surface area contributed by atoms with Crippen LogP contribution in [-0.4, -0.2) is 262 Å². The maximum atomic E-state index is 14.4. The molecule has 4 saturated heterocycles. The summed E-state index contributed by atoms with van der Waals surface area (Å²) in [7, 11) is 5.72. The minimum absolute atomic E-state index is 0.117. The summed E-state index contributed by atoms with van der Waals surface area (Å²) in [5.41, 5.74) is -1.39. The molecule has 1 aromatic carbocycles. The smallest absolute Gasteiger partial charge is 0.409 e. The number of carbonyl (C=O) groups is 7. The maximum absolute atomic E-state index is 14.4. The standard InChI is InChI=1S/C56H83ClN8O24S/c1-26-11-10-12-37(82-9)55(80)22-35(86-53(79)62-55)27(2)49-54(5,89-49)38(20-41(71)65(7)31-18-30(17-26)19-34(81-8)42(31)57)87-50(76)28(3)64(6)40(70)13-16-90-25-39(69)59-14-15-83-51-47(75)46(74)45(73)36(85-51)24-84-56(52(77)78)21-32(67)43(61-29(4)66)48(88-56)44(72)33(68)23-60-63-58/h10-12,18-19,27-28,32-33,35-38,43-49,51,67-68,72-75,80H,13-17,20-25H2,1-9H3,(H2,58,60)(H,59,69)(H,61,66)(H,62,79)(H,77,78)/b12-10+,26-11+. The van der Waals surface area contributed by atoms with Crippen LogP contribution in [0.3, 0.4) is 0 Å². The fourth-order valence-electron chi connectivity index (χ4n) is 11.0. The lowest BCUT2D eigenvalue weighted by atomic mass is 9.83. The zero-order valence-corrected chi connectivity index (χ0v) is 52.7. The zero-order chi connectivity index (χ0) is 66.7. The molecule has 5 heterocycles. The molecule has 5 aliphatic heterocycles. The summed E-state index contributed by atoms with van der Waals surface area (Å²) in [6, 6.07) is 0.783. The molecule has 34 heteroatoms. The fraction of sp³-hybridized carbons (Fsp3) is 0.696. The van der Waals surface area contributed by atoms with Crippen LogP contribution in [0, 0.1) is 5.92 Å². The van der Waals surface area contributed by atoms with Crippen LogP contribution in [0.1, 0.15) is 65.9 Å². The van der Waals surface area contributed by atoms with E-state index < -0.39 is 182 Å². The summed E-state index contributed by atoms with van der Waals surface area (Å²) in [6.07, 6.45) is -17.6. The number of anilines is 1. The second-order valence-corrected chi connectivity index (χ2v) is 24.4. The van der Waals surface area contributed by atoms with Crippen molar-refractivity contribution in [3.8, 4) is 5.75 Å². The predicted molar refractivity (Wildman–Crippen MR) is 314 cm³/mol. The van der Waals surface area contributed by atoms with E-state index in [1.54, 1.807) is 38.1 Å². The van der Waals surface area contributed by atoms with E-state index in [0.29, 0.717) is 17.9 Å². The van der Waals surface area contributed by atoms with E-state index in [1.165, 1.54) is 40.1 Å². The number of fused-ring (bicyclic) bond motifs is 5. The Balaban J connectivity index is 1.02. The number of rotatable bonds is 23. The minimum atomic E-state index is -2.82. The third-order valence-corrected chi connectivity index (χ3v) is 17.8. The van der Waals surface area contributed by atoms with Gasteiger partial charge in [0.25, 0.3) is 5.79 Å². The van der Waals surface area contributed by atoms with Crippen molar-refractivity contribution in [1.29, 1.82) is 0 Å². The molecule has 4 fully saturated rings. The number of aliphatic hydroxyl groups is 7. The van der Waals surface area contributed by atoms with Gasteiger partial charge in [-0.3, -0.25) is 24.5 Å². The number of thioether (sulfide) groups is 1. The Morgan fingerprint density at radius 1 is 1.07 bits per heavy atom. The normalized spacial score (nSPS) is 34.2. The number of nitrogens with two attached hydrogens (primary N) is 1. The van der Waals surface area contributed by atoms with Crippen LogP contribution in [0.2, 0.25) is 5.02 Å². The van der Waals surface area contributed by atoms with E-state index >= 15 is 0 Å². The molecular weight excluding hydrogens is 1240 g/mol. The maximum Gasteiger partial charge on any atom is 0.409 e. The lowest BCUT2D eigenvalue weighted by Gasteiger charge is -2.47. The summed E-state index contributed by atoms with van der Waals surface area (Å²) in [5.74, 6) is -3.21. The van der Waals surface area contributed by atoms with Crippen LogP contribution >= 0.6 is 23.4 Å². The largest absolute Gasteiger partial charge is 0.495 e. The summed E-state index contributed by atoms with van der Waals surface area (Å²) in [6.45, 7) is 5.74. The van der Waals surface area contributed by atoms with Crippen LogP contribution < -0.4 is 31.4 Å². The number of allylic oxidation sites excluding steroid dienone is 3. The number of hydrogen-bond acceptors (Lipinski definition) is 26. The molecule has 19 unspecified atom stereocenters. The van der Waals surface area contributed by atoms with Gasteiger partial charge in [-0.2, -0.15) is 16.9 Å². The highest BCUT2D eigenvalue weighted by Gasteiger charge is 2.65. The second-order valence-electron chi connectivity index (χ2n) is 22.9. The predicted octanol–water partition coefficient (Wildman–Crippen LogP) is -1.92. The second kappa shape index (κ2) is 31.6. The number of carboxylic acid groups (broad SMARTS) is 1. The van der Waals surface area contributed by atoms with Crippen molar-refractivity contribution < 1.29 is 117 Å². The first kappa shape index (κ1) is 73.2. The SMILES string of the molecule is COc1cc2cc(c1Cl)N(C)C(=O)CC(OC(=O)C(C)N(C)C(=O)CCSCC(=O)NCCOC1OC(COC3(C(=O)O)CC(O)C(NC(C)=O)C(C(O)C(O)CN=NN)O3)C(O)C(O)C1O)C1(C)OC1C(C)C1CC(O)(NC(=O)O1)C(OC)/C=C/C=C(\C)C2. The van der Waals surface area contributed by atoms with Gasteiger partial charge in [0.1, 0.15) is 83.5 Å². The topological polar surface area (TPSA) is 461 Å². The highest BCUT2D eigenvalue weighted by Crippen LogP contribution is 2.49. The molecule has 1 aromatic rings. The molecule has 0 aromatic heterocycles. The van der Waals surface area contributed by atoms with Crippen molar-refractivity contribution in [3.63, 3.8) is 0 Å². The summed E-state index contributed by atoms with van der Waals surface area (Å²) < 4.78 is 51.8. The van der Waals surface area contributed by atoms with Crippen molar-refractivity contribution in [2.24, 2.45) is 22.1 Å². The van der Waals surface area contributed by atoms with E-state index in [4.69, 9.17) is 60.1 Å². The Bertz CT molecular complexity index is 2830. The van der Waals surface area contributed by atoms with Crippen LogP contribution in [0.4, 0.5) is 10.5 Å². The number of alkyl carbamates (subject to hydrolysis) is 1. The third-order valence-electron chi connectivity index (χ3n) is 16.4. The number of benzene rings is 1. The van der Waals surface area contributed by atoms with Crippen LogP contribution in [0.15, 0.2) is 46.3 Å². The van der Waals surface area contributed by atoms with Crippen molar-refractivity contribution in [1.82, 2.24) is 20.9 Å². The van der Waals surface area contributed by atoms with E-state index in [-0.39, 0.29) is 42.5 Å². The molecule has 0 radical (unpaired) electrons. The number of hydrogen-bond donors (Lipinski definition) is 12. The van der Waals surface area contributed by atoms with E-state index in [0.717, 1.165) is 34.7 Å². The Morgan fingerprint density at radius 3 is 2.43 bits per heavy atom. The Kier molecular flexibility index (Phi) is 25.7. The highest BCUT2D eigenvalue weighted by atomic mass is 35.5. The van der Waals surface area contributed by atoms with Gasteiger partial charge in [0.15, 0.2) is 12.0 Å². The van der Waals surface area contributed by atoms with Gasteiger partial charge in [0.2, 0.25) is 23.6 Å². The van der Waals surface area contributed by atoms with E-state index in [2.05, 4.69) is 26.3 Å². The van der Waals surface area contributed by atoms with Gasteiger partial charge in [-0.25, -0.2) is 14.4 Å². The summed E-state index contributed by atoms with van der Waals surface area (Å²) >= 11 is 7.89. The Morgan fingerprint density at radius 2 is 1.78 bits per heavy atom. The number of ether oxygens (including phenoxy) is 9. The summed E-state index contributed by atoms with van der Waals surface area (Å²) in [4.78, 5) is 95.1. The van der Waals surface area contributed by atoms with E-state index in [9.17, 15) is 74.4 Å². The molecule has 5 aliphatic rings. The number of epoxide rings is 1. The quantitative estimate of drug-likeness (QED) is 0.0142. The highest BCUT2D eigenvalue weighted by molar-refractivity contribution is 7.99. The number of amides is 5. The number of carboxylic acids is 1. The zero-order valence-electron chi connectivity index (χ0n) is 51.2. The van der Waals surface area contributed by atoms with Gasteiger partial charge in [0, 0.05) is 65.6 Å². The number of halogens is 1. The monoisotopic (exact) mass is 1320 g/mol. The van der Waals surface area contributed by atoms with Crippen LogP contribution in [0.25, 0.3) is 0 Å². The number of nitrogens with one attached hydrogen (secondary N) is 3. The van der Waals surface area contributed by atoms with Crippen molar-refractivity contribution in [2.45, 2.75) is 175 Å². The van der Waals surface area contributed by atoms with Gasteiger partial charge in [-0.1, -0.05) is 47.5 Å². The average molecular weight is 1320 g/mol. The minimum Gasteiger partial charge on any atom is -0.495 e. The fourth-order valence-corrected chi connectivity index (χ4v) is 12.0. The summed E-state index contributed by atoms with van der Waals surface area (Å²) in [5, 5.41) is 101. The molecule has 0 aliphatic carbocycles. The number of esters is 1. The van der Waals surface area contributed by atoms with Crippen molar-refractivity contribution >= 4 is 70.7 Å². The number of nitrogens with zero attached hydrogens (tertiary/aromatic N) is 4. The Hall–Kier alpha value is -5.89. The van der Waals surface area contributed by atoms with Gasteiger partial charge in [0.05, 0.1) is 63.0 Å². The number of aliphatic carboxylic acids is 1. The van der Waals surface area contributed by atoms with E-state index in [1.807, 2.05) is 13.0 Å². The molecule has 504 valence electrons. The molecule has 6 rings (SSSR count). The number of carbonyl (C=O) groups excluding carboxylic acids is 6. The third kappa shape index (κ3) is 17.6. The first-order valence-electron chi connectivity index (χ1n) is 28.8. The first-order chi connectivity index (χ1) is 42.3. The van der Waals surface area contributed by atoms with Crippen molar-refractivity contribution in [2.75, 3.05) is 71.0 Å².